The topological polar surface area (TPSA) is 69.8 Å². The summed E-state index contributed by atoms with van der Waals surface area (Å²) in [6.45, 7) is 2.95. The average molecular weight is 264 g/mol. The number of rotatable bonds is 8. The van der Waals surface area contributed by atoms with Crippen molar-refractivity contribution >= 4 is 0 Å². The molecule has 0 saturated heterocycles. The van der Waals surface area contributed by atoms with Crippen molar-refractivity contribution in [2.45, 2.75) is 19.5 Å². The number of ether oxygens (including phenoxy) is 1. The molecular formula is C12H20N6O. The molecule has 19 heavy (non-hydrogen) atoms. The number of nitrogens with zero attached hydrogens (tertiary/aromatic N) is 5. The van der Waals surface area contributed by atoms with Crippen LogP contribution in [0.1, 0.15) is 11.6 Å². The van der Waals surface area contributed by atoms with Gasteiger partial charge in [0.15, 0.2) is 5.82 Å². The van der Waals surface area contributed by atoms with Crippen LogP contribution in [0.2, 0.25) is 0 Å². The number of aryl methyl sites for hydroxylation is 3. The number of aromatic nitrogens is 5. The zero-order valence-electron chi connectivity index (χ0n) is 11.4. The lowest BCUT2D eigenvalue weighted by Crippen LogP contribution is -2.19. The first-order chi connectivity index (χ1) is 9.29. The maximum atomic E-state index is 4.96. The van der Waals surface area contributed by atoms with E-state index in [0.717, 1.165) is 31.2 Å². The van der Waals surface area contributed by atoms with Crippen molar-refractivity contribution in [3.05, 3.63) is 30.4 Å². The van der Waals surface area contributed by atoms with Crippen molar-refractivity contribution < 1.29 is 4.74 Å². The zero-order valence-corrected chi connectivity index (χ0v) is 11.4. The van der Waals surface area contributed by atoms with Gasteiger partial charge in [-0.05, 0) is 0 Å². The standard InChI is InChI=1S/C12H20N6O/c1-17-7-4-14-12(17)3-6-18-10-15-11(16-18)9-13-5-8-19-2/h4,7,10,13H,3,5-6,8-9H2,1-2H3. The van der Waals surface area contributed by atoms with Crippen LogP contribution in [-0.2, 0) is 31.3 Å². The molecule has 2 rings (SSSR count). The molecule has 0 aliphatic carbocycles. The summed E-state index contributed by atoms with van der Waals surface area (Å²) in [5, 5.41) is 7.62. The van der Waals surface area contributed by atoms with Crippen molar-refractivity contribution in [2.75, 3.05) is 20.3 Å². The molecule has 0 aliphatic rings. The fraction of sp³-hybridized carbons (Fsp3) is 0.583. The van der Waals surface area contributed by atoms with E-state index in [1.165, 1.54) is 0 Å². The molecule has 0 radical (unpaired) electrons. The van der Waals surface area contributed by atoms with Gasteiger partial charge in [0.2, 0.25) is 0 Å². The molecule has 0 bridgehead atoms. The van der Waals surface area contributed by atoms with Gasteiger partial charge in [-0.25, -0.2) is 9.97 Å². The number of nitrogens with one attached hydrogen (secondary N) is 1. The quantitative estimate of drug-likeness (QED) is 0.679. The fourth-order valence-corrected chi connectivity index (χ4v) is 1.75. The monoisotopic (exact) mass is 264 g/mol. The SMILES string of the molecule is COCCNCc1ncn(CCc2nccn2C)n1. The van der Waals surface area contributed by atoms with E-state index in [4.69, 9.17) is 4.74 Å². The lowest BCUT2D eigenvalue weighted by Gasteiger charge is -2.02. The first-order valence-corrected chi connectivity index (χ1v) is 6.34. The molecule has 0 amide bonds. The highest BCUT2D eigenvalue weighted by atomic mass is 16.5. The molecule has 2 heterocycles. The Morgan fingerprint density at radius 3 is 3.00 bits per heavy atom. The van der Waals surface area contributed by atoms with Crippen LogP contribution in [0, 0.1) is 0 Å². The Morgan fingerprint density at radius 2 is 2.26 bits per heavy atom. The summed E-state index contributed by atoms with van der Waals surface area (Å²) in [6.07, 6.45) is 6.36. The van der Waals surface area contributed by atoms with Crippen LogP contribution in [0.25, 0.3) is 0 Å². The lowest BCUT2D eigenvalue weighted by molar-refractivity contribution is 0.199. The summed E-state index contributed by atoms with van der Waals surface area (Å²) in [6, 6.07) is 0. The first kappa shape index (κ1) is 13.7. The third-order valence-electron chi connectivity index (χ3n) is 2.84. The van der Waals surface area contributed by atoms with E-state index in [1.807, 2.05) is 28.7 Å². The third kappa shape index (κ3) is 4.15. The number of hydrogen-bond donors (Lipinski definition) is 1. The Kier molecular flexibility index (Phi) is 5.05. The lowest BCUT2D eigenvalue weighted by atomic mass is 10.4. The van der Waals surface area contributed by atoms with Gasteiger partial charge in [-0.2, -0.15) is 5.10 Å². The predicted molar refractivity (Wildman–Crippen MR) is 70.5 cm³/mol. The van der Waals surface area contributed by atoms with E-state index >= 15 is 0 Å². The van der Waals surface area contributed by atoms with Crippen LogP contribution in [0.15, 0.2) is 18.7 Å². The summed E-state index contributed by atoms with van der Waals surface area (Å²) in [5.41, 5.74) is 0. The van der Waals surface area contributed by atoms with Gasteiger partial charge in [-0.3, -0.25) is 4.68 Å². The van der Waals surface area contributed by atoms with Gasteiger partial charge in [-0.15, -0.1) is 0 Å². The minimum absolute atomic E-state index is 0.665. The van der Waals surface area contributed by atoms with Gasteiger partial charge in [0.25, 0.3) is 0 Å². The van der Waals surface area contributed by atoms with Crippen molar-refractivity contribution in [2.24, 2.45) is 7.05 Å². The summed E-state index contributed by atoms with van der Waals surface area (Å²) in [5.74, 6) is 1.85. The summed E-state index contributed by atoms with van der Waals surface area (Å²) in [4.78, 5) is 8.54. The minimum Gasteiger partial charge on any atom is -0.383 e. The summed E-state index contributed by atoms with van der Waals surface area (Å²) < 4.78 is 8.83. The van der Waals surface area contributed by atoms with E-state index < -0.39 is 0 Å². The number of hydrogen-bond acceptors (Lipinski definition) is 5. The average Bonchev–Trinajstić information content (AvgIpc) is 3.01. The number of methoxy groups -OCH3 is 1. The van der Waals surface area contributed by atoms with Gasteiger partial charge in [0.05, 0.1) is 13.2 Å². The Hall–Kier alpha value is -1.73. The van der Waals surface area contributed by atoms with Gasteiger partial charge in [0, 0.05) is 46.1 Å². The third-order valence-corrected chi connectivity index (χ3v) is 2.84. The highest BCUT2D eigenvalue weighted by molar-refractivity contribution is 4.91. The molecule has 0 aliphatic heterocycles. The number of imidazole rings is 1. The Balaban J connectivity index is 1.76. The van der Waals surface area contributed by atoms with Gasteiger partial charge in [0.1, 0.15) is 12.2 Å². The van der Waals surface area contributed by atoms with Crippen LogP contribution in [0.5, 0.6) is 0 Å². The van der Waals surface area contributed by atoms with Gasteiger partial charge < -0.3 is 14.6 Å². The van der Waals surface area contributed by atoms with Crippen LogP contribution >= 0.6 is 0 Å². The molecule has 1 N–H and O–H groups in total. The second kappa shape index (κ2) is 7.01. The largest absolute Gasteiger partial charge is 0.383 e. The minimum atomic E-state index is 0.665. The molecule has 2 aromatic heterocycles. The molecular weight excluding hydrogens is 244 g/mol. The van der Waals surface area contributed by atoms with Crippen molar-refractivity contribution in [1.29, 1.82) is 0 Å². The molecule has 0 saturated carbocycles. The van der Waals surface area contributed by atoms with E-state index in [9.17, 15) is 0 Å². The van der Waals surface area contributed by atoms with Crippen molar-refractivity contribution in [1.82, 2.24) is 29.6 Å². The molecule has 7 nitrogen and oxygen atoms in total. The second-order valence-corrected chi connectivity index (χ2v) is 4.30. The molecule has 0 aromatic carbocycles. The molecule has 104 valence electrons. The Labute approximate surface area is 112 Å². The van der Waals surface area contributed by atoms with Crippen molar-refractivity contribution in [3.63, 3.8) is 0 Å². The highest BCUT2D eigenvalue weighted by Gasteiger charge is 2.03. The summed E-state index contributed by atoms with van der Waals surface area (Å²) >= 11 is 0. The van der Waals surface area contributed by atoms with Gasteiger partial charge >= 0.3 is 0 Å². The van der Waals surface area contributed by atoms with E-state index in [0.29, 0.717) is 13.2 Å². The van der Waals surface area contributed by atoms with E-state index in [2.05, 4.69) is 20.4 Å². The normalized spacial score (nSPS) is 11.1. The molecule has 7 heteroatoms. The molecule has 0 spiro atoms. The van der Waals surface area contributed by atoms with Crippen LogP contribution < -0.4 is 5.32 Å². The maximum absolute atomic E-state index is 4.96. The van der Waals surface area contributed by atoms with Crippen LogP contribution in [0.4, 0.5) is 0 Å². The van der Waals surface area contributed by atoms with Crippen LogP contribution in [-0.4, -0.2) is 44.6 Å². The highest BCUT2D eigenvalue weighted by Crippen LogP contribution is 1.98. The second-order valence-electron chi connectivity index (χ2n) is 4.30. The van der Waals surface area contributed by atoms with E-state index in [-0.39, 0.29) is 0 Å². The summed E-state index contributed by atoms with van der Waals surface area (Å²) in [7, 11) is 3.68. The smallest absolute Gasteiger partial charge is 0.164 e. The van der Waals surface area contributed by atoms with E-state index in [1.54, 1.807) is 13.4 Å². The van der Waals surface area contributed by atoms with Gasteiger partial charge in [-0.1, -0.05) is 0 Å². The Morgan fingerprint density at radius 1 is 1.37 bits per heavy atom. The van der Waals surface area contributed by atoms with Crippen molar-refractivity contribution in [3.8, 4) is 0 Å². The zero-order chi connectivity index (χ0) is 13.5. The molecule has 0 fully saturated rings. The first-order valence-electron chi connectivity index (χ1n) is 6.34. The predicted octanol–water partition coefficient (Wildman–Crippen LogP) is -0.00970. The molecule has 2 aromatic rings. The molecule has 0 atom stereocenters. The molecule has 0 unspecified atom stereocenters. The Bertz CT molecular complexity index is 492. The van der Waals surface area contributed by atoms with Crippen LogP contribution in [0.3, 0.4) is 0 Å². The maximum Gasteiger partial charge on any atom is 0.164 e. The fourth-order valence-electron chi connectivity index (χ4n) is 1.75.